The van der Waals surface area contributed by atoms with Crippen LogP contribution in [0.5, 0.6) is 0 Å². The number of carbonyl (C=O) groups is 1. The van der Waals surface area contributed by atoms with E-state index >= 15 is 0 Å². The van der Waals surface area contributed by atoms with Crippen molar-refractivity contribution in [3.05, 3.63) is 12.2 Å². The molecular weight excluding hydrogens is 252 g/mol. The zero-order valence-electron chi connectivity index (χ0n) is 12.7. The second kappa shape index (κ2) is 15.8. The fraction of sp³-hybridized carbons (Fsp3) is 0.824. The first-order valence-corrected chi connectivity index (χ1v) is 8.72. The molecule has 0 aromatic rings. The molecule has 0 fully saturated rings. The molecule has 0 N–H and O–H groups in total. The predicted molar refractivity (Wildman–Crippen MR) is 89.1 cm³/mol. The highest BCUT2D eigenvalue weighted by Gasteiger charge is 1.97. The van der Waals surface area contributed by atoms with Gasteiger partial charge in [0.1, 0.15) is 5.78 Å². The van der Waals surface area contributed by atoms with Gasteiger partial charge in [0.2, 0.25) is 0 Å². The fourth-order valence-electron chi connectivity index (χ4n) is 2.12. The van der Waals surface area contributed by atoms with Crippen LogP contribution < -0.4 is 0 Å². The number of hydrogen-bond acceptors (Lipinski definition) is 2. The molecule has 0 rings (SSSR count). The van der Waals surface area contributed by atoms with E-state index in [2.05, 4.69) is 31.7 Å². The standard InChI is InChI=1S/C17H32OS/c1-2-3-4-5-6-7-8-9-10-11-12-13-14-15-17(18)16-19/h9-10,19H,2-8,11-16H2,1H3/b10-9-. The average molecular weight is 285 g/mol. The van der Waals surface area contributed by atoms with Crippen LogP contribution in [0.15, 0.2) is 12.2 Å². The van der Waals surface area contributed by atoms with Gasteiger partial charge in [0.25, 0.3) is 0 Å². The summed E-state index contributed by atoms with van der Waals surface area (Å²) in [7, 11) is 0. The molecule has 0 aliphatic rings. The van der Waals surface area contributed by atoms with E-state index in [1.165, 1.54) is 64.2 Å². The molecule has 112 valence electrons. The van der Waals surface area contributed by atoms with Crippen LogP contribution in [0.4, 0.5) is 0 Å². The summed E-state index contributed by atoms with van der Waals surface area (Å²) < 4.78 is 0. The van der Waals surface area contributed by atoms with Crippen molar-refractivity contribution in [1.82, 2.24) is 0 Å². The van der Waals surface area contributed by atoms with Crippen molar-refractivity contribution in [2.45, 2.75) is 84.0 Å². The minimum Gasteiger partial charge on any atom is -0.299 e. The summed E-state index contributed by atoms with van der Waals surface area (Å²) >= 11 is 3.97. The van der Waals surface area contributed by atoms with Crippen LogP contribution in [0.1, 0.15) is 84.0 Å². The molecule has 0 spiro atoms. The van der Waals surface area contributed by atoms with Crippen molar-refractivity contribution in [1.29, 1.82) is 0 Å². The van der Waals surface area contributed by atoms with Crippen molar-refractivity contribution >= 4 is 18.4 Å². The normalized spacial score (nSPS) is 11.3. The molecule has 0 heterocycles. The van der Waals surface area contributed by atoms with Gasteiger partial charge in [-0.05, 0) is 32.1 Å². The average Bonchev–Trinajstić information content (AvgIpc) is 2.43. The SMILES string of the molecule is CCCCCCCC/C=C\CCCCCC(=O)CS. The Kier molecular flexibility index (Phi) is 15.6. The van der Waals surface area contributed by atoms with Crippen LogP contribution in [0.2, 0.25) is 0 Å². The maximum Gasteiger partial charge on any atom is 0.142 e. The van der Waals surface area contributed by atoms with E-state index in [1.807, 2.05) is 0 Å². The lowest BCUT2D eigenvalue weighted by atomic mass is 10.1. The third-order valence-corrected chi connectivity index (χ3v) is 3.75. The Labute approximate surface area is 125 Å². The summed E-state index contributed by atoms with van der Waals surface area (Å²) in [5.41, 5.74) is 0. The molecule has 0 aliphatic heterocycles. The minimum atomic E-state index is 0.280. The highest BCUT2D eigenvalue weighted by Crippen LogP contribution is 2.08. The van der Waals surface area contributed by atoms with Crippen LogP contribution in [-0.2, 0) is 4.79 Å². The summed E-state index contributed by atoms with van der Waals surface area (Å²) in [4.78, 5) is 11.0. The van der Waals surface area contributed by atoms with Crippen molar-refractivity contribution in [3.63, 3.8) is 0 Å². The maximum absolute atomic E-state index is 11.0. The van der Waals surface area contributed by atoms with Gasteiger partial charge in [-0.25, -0.2) is 0 Å². The van der Waals surface area contributed by atoms with Gasteiger partial charge in [0.15, 0.2) is 0 Å². The molecule has 1 nitrogen and oxygen atoms in total. The van der Waals surface area contributed by atoms with Crippen LogP contribution in [0.25, 0.3) is 0 Å². The number of hydrogen-bond donors (Lipinski definition) is 1. The van der Waals surface area contributed by atoms with E-state index in [9.17, 15) is 4.79 Å². The maximum atomic E-state index is 11.0. The summed E-state index contributed by atoms with van der Waals surface area (Å²) in [6.07, 6.45) is 19.5. The van der Waals surface area contributed by atoms with Crippen LogP contribution in [0, 0.1) is 0 Å². The zero-order valence-corrected chi connectivity index (χ0v) is 13.6. The molecule has 0 aromatic heterocycles. The molecule has 0 unspecified atom stereocenters. The molecule has 2 heteroatoms. The Balaban J connectivity index is 3.11. The van der Waals surface area contributed by atoms with Gasteiger partial charge < -0.3 is 0 Å². The number of ketones is 1. The van der Waals surface area contributed by atoms with Gasteiger partial charge in [-0.3, -0.25) is 4.79 Å². The van der Waals surface area contributed by atoms with E-state index in [0.717, 1.165) is 6.42 Å². The Morgan fingerprint density at radius 2 is 1.37 bits per heavy atom. The highest BCUT2D eigenvalue weighted by atomic mass is 32.1. The molecule has 19 heavy (non-hydrogen) atoms. The van der Waals surface area contributed by atoms with Crippen molar-refractivity contribution in [3.8, 4) is 0 Å². The van der Waals surface area contributed by atoms with E-state index in [-0.39, 0.29) is 5.78 Å². The van der Waals surface area contributed by atoms with Crippen molar-refractivity contribution in [2.75, 3.05) is 5.75 Å². The highest BCUT2D eigenvalue weighted by molar-refractivity contribution is 7.81. The van der Waals surface area contributed by atoms with Gasteiger partial charge in [-0.2, -0.15) is 12.6 Å². The molecule has 0 saturated heterocycles. The lowest BCUT2D eigenvalue weighted by Gasteiger charge is -1.98. The van der Waals surface area contributed by atoms with E-state index < -0.39 is 0 Å². The summed E-state index contributed by atoms with van der Waals surface area (Å²) in [5.74, 6) is 0.681. The van der Waals surface area contributed by atoms with Gasteiger partial charge >= 0.3 is 0 Å². The Hall–Kier alpha value is -0.240. The van der Waals surface area contributed by atoms with Crippen molar-refractivity contribution in [2.24, 2.45) is 0 Å². The summed E-state index contributed by atoms with van der Waals surface area (Å²) in [6, 6.07) is 0. The van der Waals surface area contributed by atoms with E-state index in [4.69, 9.17) is 0 Å². The molecule has 0 aromatic carbocycles. The predicted octanol–water partition coefficient (Wildman–Crippen LogP) is 5.74. The Morgan fingerprint density at radius 1 is 0.842 bits per heavy atom. The van der Waals surface area contributed by atoms with Gasteiger partial charge in [0.05, 0.1) is 0 Å². The topological polar surface area (TPSA) is 17.1 Å². The largest absolute Gasteiger partial charge is 0.299 e. The zero-order chi connectivity index (χ0) is 14.2. The van der Waals surface area contributed by atoms with Crippen LogP contribution in [0.3, 0.4) is 0 Å². The van der Waals surface area contributed by atoms with Crippen LogP contribution in [-0.4, -0.2) is 11.5 Å². The monoisotopic (exact) mass is 284 g/mol. The molecule has 0 bridgehead atoms. The second-order valence-electron chi connectivity index (χ2n) is 5.32. The lowest BCUT2D eigenvalue weighted by molar-refractivity contribution is -0.116. The van der Waals surface area contributed by atoms with E-state index in [0.29, 0.717) is 12.2 Å². The first-order valence-electron chi connectivity index (χ1n) is 8.08. The number of allylic oxidation sites excluding steroid dienone is 2. The smallest absolute Gasteiger partial charge is 0.142 e. The van der Waals surface area contributed by atoms with Gasteiger partial charge in [0, 0.05) is 12.2 Å². The molecule has 0 atom stereocenters. The van der Waals surface area contributed by atoms with E-state index in [1.54, 1.807) is 0 Å². The fourth-order valence-corrected chi connectivity index (χ4v) is 2.28. The number of thiol groups is 1. The van der Waals surface area contributed by atoms with Gasteiger partial charge in [-0.1, -0.05) is 57.6 Å². The van der Waals surface area contributed by atoms with Crippen molar-refractivity contribution < 1.29 is 4.79 Å². The third-order valence-electron chi connectivity index (χ3n) is 3.39. The van der Waals surface area contributed by atoms with Crippen LogP contribution >= 0.6 is 12.6 Å². The summed E-state index contributed by atoms with van der Waals surface area (Å²) in [5, 5.41) is 0. The molecule has 0 aliphatic carbocycles. The first-order chi connectivity index (χ1) is 9.31. The number of unbranched alkanes of at least 4 members (excludes halogenated alkanes) is 9. The third kappa shape index (κ3) is 15.7. The van der Waals surface area contributed by atoms with Gasteiger partial charge in [-0.15, -0.1) is 0 Å². The molecule has 0 amide bonds. The second-order valence-corrected chi connectivity index (χ2v) is 5.64. The first kappa shape index (κ1) is 18.8. The lowest BCUT2D eigenvalue weighted by Crippen LogP contribution is -1.97. The molecule has 0 saturated carbocycles. The molecular formula is C17H32OS. The number of Topliss-reactive ketones (excluding diaryl/α,β-unsaturated/α-hetero) is 1. The Morgan fingerprint density at radius 3 is 1.95 bits per heavy atom. The summed E-state index contributed by atoms with van der Waals surface area (Å²) in [6.45, 7) is 2.26. The minimum absolute atomic E-state index is 0.280. The number of rotatable bonds is 14. The Bertz CT molecular complexity index is 223. The number of carbonyl (C=O) groups excluding carboxylic acids is 1. The molecule has 0 radical (unpaired) electrons. The quantitative estimate of drug-likeness (QED) is 0.244.